The lowest BCUT2D eigenvalue weighted by Crippen LogP contribution is -2.10. The zero-order valence-electron chi connectivity index (χ0n) is 9.87. The van der Waals surface area contributed by atoms with Crippen molar-refractivity contribution in [2.45, 2.75) is 43.8 Å². The van der Waals surface area contributed by atoms with Crippen LogP contribution in [0, 0.1) is 5.92 Å². The number of aliphatic carboxylic acids is 1. The topological polar surface area (TPSA) is 68.0 Å². The van der Waals surface area contributed by atoms with E-state index in [1.165, 1.54) is 24.6 Å². The quantitative estimate of drug-likeness (QED) is 0.756. The highest BCUT2D eigenvalue weighted by Gasteiger charge is 2.26. The van der Waals surface area contributed by atoms with Crippen LogP contribution in [0.1, 0.15) is 38.6 Å². The Balaban J connectivity index is 2.01. The Labute approximate surface area is 105 Å². The monoisotopic (exact) mass is 255 g/mol. The van der Waals surface area contributed by atoms with Gasteiger partial charge in [0, 0.05) is 6.04 Å². The second-order valence-electron chi connectivity index (χ2n) is 4.44. The predicted octanol–water partition coefficient (Wildman–Crippen LogP) is 2.21. The van der Waals surface area contributed by atoms with Crippen molar-refractivity contribution in [1.82, 2.24) is 14.8 Å². The van der Waals surface area contributed by atoms with Gasteiger partial charge in [-0.05, 0) is 18.8 Å². The molecule has 1 heterocycles. The maximum absolute atomic E-state index is 10.6. The fourth-order valence-electron chi connectivity index (χ4n) is 1.93. The fraction of sp³-hybridized carbons (Fsp3) is 0.727. The van der Waals surface area contributed by atoms with E-state index in [4.69, 9.17) is 5.11 Å². The molecule has 1 unspecified atom stereocenters. The highest BCUT2D eigenvalue weighted by Crippen LogP contribution is 2.38. The summed E-state index contributed by atoms with van der Waals surface area (Å²) in [5.41, 5.74) is 0. The molecule has 1 fully saturated rings. The molecule has 0 spiro atoms. The highest BCUT2D eigenvalue weighted by molar-refractivity contribution is 7.99. The fourth-order valence-corrected chi connectivity index (χ4v) is 2.63. The average Bonchev–Trinajstić information content (AvgIpc) is 3.00. The molecule has 94 valence electrons. The molecule has 0 aromatic carbocycles. The molecule has 1 aliphatic carbocycles. The molecule has 0 aliphatic heterocycles. The van der Waals surface area contributed by atoms with E-state index in [-0.39, 0.29) is 5.75 Å². The second-order valence-corrected chi connectivity index (χ2v) is 5.39. The molecule has 1 atom stereocenters. The Morgan fingerprint density at radius 3 is 3.06 bits per heavy atom. The lowest BCUT2D eigenvalue weighted by atomic mass is 10.1. The van der Waals surface area contributed by atoms with E-state index < -0.39 is 5.97 Å². The van der Waals surface area contributed by atoms with Gasteiger partial charge in [0.2, 0.25) is 0 Å². The Morgan fingerprint density at radius 2 is 2.47 bits per heavy atom. The summed E-state index contributed by atoms with van der Waals surface area (Å²) in [7, 11) is 0. The summed E-state index contributed by atoms with van der Waals surface area (Å²) < 4.78 is 2.03. The van der Waals surface area contributed by atoms with E-state index >= 15 is 0 Å². The van der Waals surface area contributed by atoms with Crippen molar-refractivity contribution in [2.24, 2.45) is 5.92 Å². The molecular weight excluding hydrogens is 238 g/mol. The van der Waals surface area contributed by atoms with Gasteiger partial charge in [-0.2, -0.15) is 0 Å². The Morgan fingerprint density at radius 1 is 1.71 bits per heavy atom. The molecule has 1 aromatic rings. The van der Waals surface area contributed by atoms with Gasteiger partial charge >= 0.3 is 5.97 Å². The third-order valence-corrected chi connectivity index (χ3v) is 3.97. The largest absolute Gasteiger partial charge is 0.481 e. The zero-order valence-corrected chi connectivity index (χ0v) is 10.7. The van der Waals surface area contributed by atoms with Gasteiger partial charge in [-0.1, -0.05) is 31.5 Å². The first-order valence-corrected chi connectivity index (χ1v) is 6.93. The van der Waals surface area contributed by atoms with Gasteiger partial charge in [0.15, 0.2) is 5.16 Å². The van der Waals surface area contributed by atoms with Crippen LogP contribution in [-0.4, -0.2) is 31.6 Å². The smallest absolute Gasteiger partial charge is 0.313 e. The van der Waals surface area contributed by atoms with Gasteiger partial charge in [0.25, 0.3) is 0 Å². The maximum atomic E-state index is 10.6. The first kappa shape index (κ1) is 12.4. The molecule has 0 radical (unpaired) electrons. The molecule has 1 saturated carbocycles. The standard InChI is InChI=1S/C11H17N3O2S/c1-2-9(5-8-3-4-8)14-7-12-13-11(14)17-6-10(15)16/h7-9H,2-6H2,1H3,(H,15,16). The van der Waals surface area contributed by atoms with Crippen molar-refractivity contribution >= 4 is 17.7 Å². The molecule has 0 amide bonds. The first-order chi connectivity index (χ1) is 8.20. The first-order valence-electron chi connectivity index (χ1n) is 5.94. The van der Waals surface area contributed by atoms with Crippen molar-refractivity contribution < 1.29 is 9.90 Å². The van der Waals surface area contributed by atoms with Crippen molar-refractivity contribution in [3.63, 3.8) is 0 Å². The van der Waals surface area contributed by atoms with Gasteiger partial charge in [-0.15, -0.1) is 10.2 Å². The van der Waals surface area contributed by atoms with E-state index in [0.717, 1.165) is 23.9 Å². The van der Waals surface area contributed by atoms with E-state index in [2.05, 4.69) is 17.1 Å². The molecule has 0 bridgehead atoms. The summed E-state index contributed by atoms with van der Waals surface area (Å²) in [6.45, 7) is 2.15. The van der Waals surface area contributed by atoms with Crippen LogP contribution in [0.15, 0.2) is 11.5 Å². The lowest BCUT2D eigenvalue weighted by Gasteiger charge is -2.17. The normalized spacial score (nSPS) is 17.0. The zero-order chi connectivity index (χ0) is 12.3. The molecular formula is C11H17N3O2S. The van der Waals surface area contributed by atoms with Gasteiger partial charge in [-0.25, -0.2) is 0 Å². The SMILES string of the molecule is CCC(CC1CC1)n1cnnc1SCC(=O)O. The van der Waals surface area contributed by atoms with Crippen LogP contribution in [0.25, 0.3) is 0 Å². The second kappa shape index (κ2) is 5.53. The van der Waals surface area contributed by atoms with Gasteiger partial charge < -0.3 is 9.67 Å². The summed E-state index contributed by atoms with van der Waals surface area (Å²) in [6.07, 6.45) is 6.58. The lowest BCUT2D eigenvalue weighted by molar-refractivity contribution is -0.133. The minimum atomic E-state index is -0.820. The van der Waals surface area contributed by atoms with E-state index in [1.54, 1.807) is 6.33 Å². The molecule has 0 saturated heterocycles. The molecule has 1 aliphatic rings. The summed E-state index contributed by atoms with van der Waals surface area (Å²) in [6, 6.07) is 0.411. The molecule has 1 N–H and O–H groups in total. The number of thioether (sulfide) groups is 1. The average molecular weight is 255 g/mol. The van der Waals surface area contributed by atoms with Crippen molar-refractivity contribution in [3.8, 4) is 0 Å². The van der Waals surface area contributed by atoms with E-state index in [1.807, 2.05) is 4.57 Å². The molecule has 1 aromatic heterocycles. The summed E-state index contributed by atoms with van der Waals surface area (Å²) >= 11 is 1.24. The third kappa shape index (κ3) is 3.46. The van der Waals surface area contributed by atoms with Crippen molar-refractivity contribution in [2.75, 3.05) is 5.75 Å². The summed E-state index contributed by atoms with van der Waals surface area (Å²) in [5.74, 6) is 0.0675. The van der Waals surface area contributed by atoms with Crippen LogP contribution in [0.3, 0.4) is 0 Å². The number of nitrogens with zero attached hydrogens (tertiary/aromatic N) is 3. The van der Waals surface area contributed by atoms with Gasteiger partial charge in [0.1, 0.15) is 6.33 Å². The van der Waals surface area contributed by atoms with E-state index in [9.17, 15) is 4.79 Å². The van der Waals surface area contributed by atoms with Crippen LogP contribution >= 0.6 is 11.8 Å². The van der Waals surface area contributed by atoms with Gasteiger partial charge in [-0.3, -0.25) is 4.79 Å². The number of hydrogen-bond acceptors (Lipinski definition) is 4. The Hall–Kier alpha value is -1.04. The minimum Gasteiger partial charge on any atom is -0.481 e. The van der Waals surface area contributed by atoms with Crippen LogP contribution in [0.4, 0.5) is 0 Å². The Kier molecular flexibility index (Phi) is 4.04. The maximum Gasteiger partial charge on any atom is 0.313 e. The third-order valence-electron chi connectivity index (χ3n) is 3.03. The number of carboxylic acids is 1. The molecule has 2 rings (SSSR count). The van der Waals surface area contributed by atoms with Crippen molar-refractivity contribution in [3.05, 3.63) is 6.33 Å². The van der Waals surface area contributed by atoms with Crippen molar-refractivity contribution in [1.29, 1.82) is 0 Å². The van der Waals surface area contributed by atoms with Gasteiger partial charge in [0.05, 0.1) is 5.75 Å². The molecule has 5 nitrogen and oxygen atoms in total. The number of hydrogen-bond donors (Lipinski definition) is 1. The predicted molar refractivity (Wildman–Crippen MR) is 65.1 cm³/mol. The number of aromatic nitrogens is 3. The number of rotatable bonds is 7. The number of carbonyl (C=O) groups is 1. The Bertz CT molecular complexity index is 390. The summed E-state index contributed by atoms with van der Waals surface area (Å²) in [4.78, 5) is 10.6. The van der Waals surface area contributed by atoms with Crippen LogP contribution < -0.4 is 0 Å². The molecule has 17 heavy (non-hydrogen) atoms. The number of carboxylic acid groups (broad SMARTS) is 1. The summed E-state index contributed by atoms with van der Waals surface area (Å²) in [5, 5.41) is 17.3. The van der Waals surface area contributed by atoms with E-state index in [0.29, 0.717) is 6.04 Å². The minimum absolute atomic E-state index is 0.0402. The highest BCUT2D eigenvalue weighted by atomic mass is 32.2. The molecule has 6 heteroatoms. The van der Waals surface area contributed by atoms with Crippen LogP contribution in [-0.2, 0) is 4.79 Å². The van der Waals surface area contributed by atoms with Crippen LogP contribution in [0.5, 0.6) is 0 Å². The van der Waals surface area contributed by atoms with Crippen LogP contribution in [0.2, 0.25) is 0 Å².